The van der Waals surface area contributed by atoms with Gasteiger partial charge in [-0.2, -0.15) is 4.98 Å². The topological polar surface area (TPSA) is 87.6 Å². The maximum absolute atomic E-state index is 13.2. The molecule has 1 atom stereocenters. The van der Waals surface area contributed by atoms with Gasteiger partial charge in [0.25, 0.3) is 5.91 Å². The third kappa shape index (κ3) is 4.26. The van der Waals surface area contributed by atoms with E-state index in [1.54, 1.807) is 18.3 Å². The summed E-state index contributed by atoms with van der Waals surface area (Å²) in [4.78, 5) is 23.5. The van der Waals surface area contributed by atoms with Crippen molar-refractivity contribution in [1.29, 1.82) is 0 Å². The van der Waals surface area contributed by atoms with Crippen LogP contribution in [0.2, 0.25) is 0 Å². The van der Waals surface area contributed by atoms with Gasteiger partial charge < -0.3 is 15.2 Å². The van der Waals surface area contributed by atoms with Gasteiger partial charge in [-0.15, -0.1) is 0 Å². The Hall–Kier alpha value is -3.45. The summed E-state index contributed by atoms with van der Waals surface area (Å²) >= 11 is 0. The van der Waals surface area contributed by atoms with Gasteiger partial charge in [-0.1, -0.05) is 30.3 Å². The van der Waals surface area contributed by atoms with E-state index in [1.165, 1.54) is 4.90 Å². The molecule has 30 heavy (non-hydrogen) atoms. The van der Waals surface area contributed by atoms with Crippen LogP contribution in [0.1, 0.15) is 34.5 Å². The maximum atomic E-state index is 13.2. The number of nitrogens with zero attached hydrogens (tertiary/aromatic N) is 3. The quantitative estimate of drug-likeness (QED) is 0.629. The van der Waals surface area contributed by atoms with E-state index >= 15 is 0 Å². The Morgan fingerprint density at radius 3 is 2.87 bits per heavy atom. The molecule has 0 spiro atoms. The van der Waals surface area contributed by atoms with Crippen molar-refractivity contribution in [2.75, 3.05) is 30.0 Å². The fourth-order valence-electron chi connectivity index (χ4n) is 3.48. The highest BCUT2D eigenvalue weighted by Gasteiger charge is 2.22. The first-order valence-electron chi connectivity index (χ1n) is 9.98. The number of nitrogens with one attached hydrogen (secondary N) is 1. The number of anilines is 2. The third-order valence-corrected chi connectivity index (χ3v) is 5.07. The third-order valence-electron chi connectivity index (χ3n) is 5.07. The van der Waals surface area contributed by atoms with Gasteiger partial charge in [0.1, 0.15) is 11.6 Å². The largest absolute Gasteiger partial charge is 0.493 e. The van der Waals surface area contributed by atoms with Crippen LogP contribution in [0.15, 0.2) is 60.8 Å². The number of hydrogen-bond donors (Lipinski definition) is 2. The normalized spacial score (nSPS) is 13.3. The van der Waals surface area contributed by atoms with Gasteiger partial charge >= 0.3 is 0 Å². The molecule has 1 aliphatic rings. The van der Waals surface area contributed by atoms with Gasteiger partial charge in [-0.05, 0) is 42.3 Å². The molecule has 0 unspecified atom stereocenters. The summed E-state index contributed by atoms with van der Waals surface area (Å²) < 4.78 is 5.52. The fourth-order valence-corrected chi connectivity index (χ4v) is 3.48. The van der Waals surface area contributed by atoms with Gasteiger partial charge in [0, 0.05) is 18.2 Å². The Bertz CT molecular complexity index is 1030. The van der Waals surface area contributed by atoms with Crippen LogP contribution in [-0.4, -0.2) is 40.7 Å². The van der Waals surface area contributed by atoms with Crippen molar-refractivity contribution in [2.24, 2.45) is 0 Å². The molecule has 0 radical (unpaired) electrons. The van der Waals surface area contributed by atoms with Crippen LogP contribution in [0.5, 0.6) is 5.75 Å². The number of aromatic nitrogens is 2. The molecule has 1 aromatic heterocycles. The molecule has 2 heterocycles. The number of hydrogen-bond acceptors (Lipinski definition) is 6. The number of aliphatic hydroxyl groups excluding tert-OH is 1. The molecule has 3 aromatic rings. The second-order valence-electron chi connectivity index (χ2n) is 7.12. The molecule has 2 aromatic carbocycles. The minimum Gasteiger partial charge on any atom is -0.493 e. The number of benzene rings is 2. The van der Waals surface area contributed by atoms with E-state index in [-0.39, 0.29) is 25.1 Å². The zero-order chi connectivity index (χ0) is 20.9. The predicted molar refractivity (Wildman–Crippen MR) is 115 cm³/mol. The van der Waals surface area contributed by atoms with Crippen molar-refractivity contribution in [3.63, 3.8) is 0 Å². The van der Waals surface area contributed by atoms with Gasteiger partial charge in [0.2, 0.25) is 5.95 Å². The standard InChI is InChI=1S/C23H24N4O3/c1-16(17-5-3-2-4-6-17)25-23-24-11-9-21(26-23)27(12-13-28)22(29)19-7-8-20-18(15-19)10-14-30-20/h2-9,11,15-16,28H,10,12-14H2,1H3,(H,24,25,26)/t16-/m0/s1. The van der Waals surface area contributed by atoms with Gasteiger partial charge in [0.05, 0.1) is 25.8 Å². The van der Waals surface area contributed by atoms with E-state index in [0.717, 1.165) is 23.3 Å². The molecule has 1 amide bonds. The molecule has 0 saturated carbocycles. The molecular weight excluding hydrogens is 380 g/mol. The highest BCUT2D eigenvalue weighted by Crippen LogP contribution is 2.27. The molecule has 1 aliphatic heterocycles. The smallest absolute Gasteiger partial charge is 0.259 e. The average molecular weight is 404 g/mol. The van der Waals surface area contributed by atoms with Gasteiger partial charge in [0.15, 0.2) is 0 Å². The summed E-state index contributed by atoms with van der Waals surface area (Å²) in [6, 6.07) is 17.1. The number of ether oxygens (including phenoxy) is 1. The van der Waals surface area contributed by atoms with E-state index in [4.69, 9.17) is 4.74 Å². The van der Waals surface area contributed by atoms with Crippen LogP contribution in [0.3, 0.4) is 0 Å². The maximum Gasteiger partial charge on any atom is 0.259 e. The Morgan fingerprint density at radius 2 is 2.07 bits per heavy atom. The van der Waals surface area contributed by atoms with Crippen molar-refractivity contribution >= 4 is 17.7 Å². The number of fused-ring (bicyclic) bond motifs is 1. The van der Waals surface area contributed by atoms with Crippen molar-refractivity contribution in [1.82, 2.24) is 9.97 Å². The molecule has 7 heteroatoms. The summed E-state index contributed by atoms with van der Waals surface area (Å²) in [6.07, 6.45) is 2.39. The Balaban J connectivity index is 1.57. The van der Waals surface area contributed by atoms with E-state index in [2.05, 4.69) is 15.3 Å². The van der Waals surface area contributed by atoms with Crippen LogP contribution in [0, 0.1) is 0 Å². The van der Waals surface area contributed by atoms with Gasteiger partial charge in [-0.3, -0.25) is 9.69 Å². The average Bonchev–Trinajstić information content (AvgIpc) is 3.26. The van der Waals surface area contributed by atoms with Gasteiger partial charge in [-0.25, -0.2) is 4.98 Å². The Morgan fingerprint density at radius 1 is 1.23 bits per heavy atom. The lowest BCUT2D eigenvalue weighted by atomic mass is 10.1. The lowest BCUT2D eigenvalue weighted by Gasteiger charge is -2.22. The first-order chi connectivity index (χ1) is 14.7. The van der Waals surface area contributed by atoms with Crippen LogP contribution in [0.4, 0.5) is 11.8 Å². The second kappa shape index (κ2) is 8.92. The molecule has 0 bridgehead atoms. The van der Waals surface area contributed by atoms with Crippen molar-refractivity contribution in [3.05, 3.63) is 77.5 Å². The number of aliphatic hydroxyl groups is 1. The number of carbonyl (C=O) groups is 1. The summed E-state index contributed by atoms with van der Waals surface area (Å²) in [5.74, 6) is 1.45. The Labute approximate surface area is 175 Å². The van der Waals surface area contributed by atoms with Crippen molar-refractivity contribution in [2.45, 2.75) is 19.4 Å². The van der Waals surface area contributed by atoms with E-state index in [1.807, 2.05) is 49.4 Å². The fraction of sp³-hybridized carbons (Fsp3) is 0.261. The van der Waals surface area contributed by atoms with E-state index in [0.29, 0.717) is 23.9 Å². The molecule has 0 fully saturated rings. The van der Waals surface area contributed by atoms with Crippen LogP contribution in [0.25, 0.3) is 0 Å². The molecule has 154 valence electrons. The lowest BCUT2D eigenvalue weighted by Crippen LogP contribution is -2.34. The summed E-state index contributed by atoms with van der Waals surface area (Å²) in [5.41, 5.74) is 2.67. The molecule has 0 saturated heterocycles. The Kier molecular flexibility index (Phi) is 5.90. The summed E-state index contributed by atoms with van der Waals surface area (Å²) in [6.45, 7) is 2.62. The van der Waals surface area contributed by atoms with Crippen LogP contribution < -0.4 is 15.0 Å². The molecule has 2 N–H and O–H groups in total. The molecule has 4 rings (SSSR count). The second-order valence-corrected chi connectivity index (χ2v) is 7.12. The first kappa shape index (κ1) is 19.8. The number of carbonyl (C=O) groups excluding carboxylic acids is 1. The molecular formula is C23H24N4O3. The predicted octanol–water partition coefficient (Wildman–Crippen LogP) is 3.22. The molecule has 7 nitrogen and oxygen atoms in total. The van der Waals surface area contributed by atoms with E-state index < -0.39 is 0 Å². The minimum atomic E-state index is -0.223. The zero-order valence-electron chi connectivity index (χ0n) is 16.8. The van der Waals surface area contributed by atoms with Crippen LogP contribution in [-0.2, 0) is 6.42 Å². The zero-order valence-corrected chi connectivity index (χ0v) is 16.8. The number of amides is 1. The monoisotopic (exact) mass is 404 g/mol. The highest BCUT2D eigenvalue weighted by atomic mass is 16.5. The first-order valence-corrected chi connectivity index (χ1v) is 9.98. The summed E-state index contributed by atoms with van der Waals surface area (Å²) in [5, 5.41) is 12.8. The van der Waals surface area contributed by atoms with Crippen molar-refractivity contribution < 1.29 is 14.6 Å². The summed E-state index contributed by atoms with van der Waals surface area (Å²) in [7, 11) is 0. The molecule has 0 aliphatic carbocycles. The lowest BCUT2D eigenvalue weighted by molar-refractivity contribution is 0.0980. The highest BCUT2D eigenvalue weighted by molar-refractivity contribution is 6.05. The van der Waals surface area contributed by atoms with E-state index in [9.17, 15) is 9.90 Å². The van der Waals surface area contributed by atoms with Crippen molar-refractivity contribution in [3.8, 4) is 5.75 Å². The number of rotatable bonds is 7. The minimum absolute atomic E-state index is 0.000143. The SMILES string of the molecule is C[C@H](Nc1nccc(N(CCO)C(=O)c2ccc3c(c2)CCO3)n1)c1ccccc1. The van der Waals surface area contributed by atoms with Crippen LogP contribution >= 0.6 is 0 Å².